The van der Waals surface area contributed by atoms with Crippen LogP contribution >= 0.6 is 0 Å². The summed E-state index contributed by atoms with van der Waals surface area (Å²) in [6, 6.07) is 0. The number of allylic oxidation sites excluding steroid dienone is 2. The first-order chi connectivity index (χ1) is 9.61. The van der Waals surface area contributed by atoms with Gasteiger partial charge in [-0.15, -0.1) is 0 Å². The normalized spacial score (nSPS) is 16.1. The molecule has 3 N–H and O–H groups in total. The van der Waals surface area contributed by atoms with Crippen molar-refractivity contribution >= 4 is 17.5 Å². The number of anilines is 2. The number of rotatable bonds is 4. The average Bonchev–Trinajstić information content (AvgIpc) is 2.47. The molecular weight excluding hydrogens is 254 g/mol. The van der Waals surface area contributed by atoms with Crippen molar-refractivity contribution in [3.05, 3.63) is 23.7 Å². The monoisotopic (exact) mass is 275 g/mol. The molecule has 2 heterocycles. The third-order valence-electron chi connectivity index (χ3n) is 3.42. The molecule has 0 bridgehead atoms. The van der Waals surface area contributed by atoms with Gasteiger partial charge in [0, 0.05) is 18.8 Å². The summed E-state index contributed by atoms with van der Waals surface area (Å²) < 4.78 is 0. The maximum Gasteiger partial charge on any atom is 0.271 e. The number of nitrogens with zero attached hydrogens (tertiary/aromatic N) is 3. The van der Waals surface area contributed by atoms with Crippen molar-refractivity contribution in [2.45, 2.75) is 33.1 Å². The molecule has 2 rings (SSSR count). The fourth-order valence-corrected chi connectivity index (χ4v) is 2.18. The SMILES string of the molecule is C/C=C(\C)Nc1nc(N2CCCCC2)cnc1C(N)=O. The second-order valence-electron chi connectivity index (χ2n) is 4.93. The van der Waals surface area contributed by atoms with Gasteiger partial charge in [-0.25, -0.2) is 9.97 Å². The molecule has 1 saturated heterocycles. The first kappa shape index (κ1) is 14.3. The van der Waals surface area contributed by atoms with E-state index in [1.165, 1.54) is 6.42 Å². The van der Waals surface area contributed by atoms with E-state index in [1.54, 1.807) is 6.20 Å². The lowest BCUT2D eigenvalue weighted by Crippen LogP contribution is -2.31. The molecule has 6 nitrogen and oxygen atoms in total. The fourth-order valence-electron chi connectivity index (χ4n) is 2.18. The molecule has 0 atom stereocenters. The summed E-state index contributed by atoms with van der Waals surface area (Å²) in [7, 11) is 0. The van der Waals surface area contributed by atoms with Gasteiger partial charge in [-0.05, 0) is 33.1 Å². The largest absolute Gasteiger partial charge is 0.364 e. The number of aromatic nitrogens is 2. The summed E-state index contributed by atoms with van der Waals surface area (Å²) in [6.07, 6.45) is 7.11. The van der Waals surface area contributed by atoms with Crippen LogP contribution in [0, 0.1) is 0 Å². The Morgan fingerprint density at radius 1 is 1.40 bits per heavy atom. The molecule has 1 aromatic heterocycles. The Morgan fingerprint density at radius 3 is 2.70 bits per heavy atom. The van der Waals surface area contributed by atoms with Gasteiger partial charge in [0.15, 0.2) is 11.5 Å². The first-order valence-corrected chi connectivity index (χ1v) is 6.93. The van der Waals surface area contributed by atoms with Crippen molar-refractivity contribution in [1.82, 2.24) is 9.97 Å². The molecule has 6 heteroatoms. The average molecular weight is 275 g/mol. The van der Waals surface area contributed by atoms with Crippen molar-refractivity contribution in [1.29, 1.82) is 0 Å². The van der Waals surface area contributed by atoms with E-state index >= 15 is 0 Å². The minimum Gasteiger partial charge on any atom is -0.364 e. The van der Waals surface area contributed by atoms with Crippen LogP contribution in [0.3, 0.4) is 0 Å². The van der Waals surface area contributed by atoms with Crippen molar-refractivity contribution in [2.24, 2.45) is 5.73 Å². The zero-order valence-electron chi connectivity index (χ0n) is 12.0. The Hall–Kier alpha value is -2.11. The fraction of sp³-hybridized carbons (Fsp3) is 0.500. The van der Waals surface area contributed by atoms with E-state index in [1.807, 2.05) is 19.9 Å². The number of carbonyl (C=O) groups excluding carboxylic acids is 1. The molecule has 0 aliphatic carbocycles. The number of piperidine rings is 1. The van der Waals surface area contributed by atoms with E-state index < -0.39 is 5.91 Å². The number of hydrogen-bond acceptors (Lipinski definition) is 5. The lowest BCUT2D eigenvalue weighted by atomic mass is 10.1. The lowest BCUT2D eigenvalue weighted by molar-refractivity contribution is 0.0996. The van der Waals surface area contributed by atoms with Crippen LogP contribution in [0.25, 0.3) is 0 Å². The molecular formula is C14H21N5O. The van der Waals surface area contributed by atoms with Gasteiger partial charge in [-0.3, -0.25) is 4.79 Å². The van der Waals surface area contributed by atoms with Gasteiger partial charge in [-0.2, -0.15) is 0 Å². The number of amides is 1. The Labute approximate surface area is 119 Å². The molecule has 0 unspecified atom stereocenters. The van der Waals surface area contributed by atoms with Crippen molar-refractivity contribution in [2.75, 3.05) is 23.3 Å². The highest BCUT2D eigenvalue weighted by Crippen LogP contribution is 2.21. The van der Waals surface area contributed by atoms with Crippen LogP contribution < -0.4 is 16.0 Å². The molecule has 0 aromatic carbocycles. The van der Waals surface area contributed by atoms with Crippen LogP contribution in [-0.2, 0) is 0 Å². The quantitative estimate of drug-likeness (QED) is 0.876. The zero-order chi connectivity index (χ0) is 14.5. The zero-order valence-corrected chi connectivity index (χ0v) is 12.0. The summed E-state index contributed by atoms with van der Waals surface area (Å²) in [4.78, 5) is 22.3. The predicted molar refractivity (Wildman–Crippen MR) is 79.7 cm³/mol. The highest BCUT2D eigenvalue weighted by Gasteiger charge is 2.17. The Balaban J connectivity index is 2.31. The third-order valence-corrected chi connectivity index (χ3v) is 3.42. The van der Waals surface area contributed by atoms with E-state index in [0.717, 1.165) is 37.4 Å². The van der Waals surface area contributed by atoms with Crippen molar-refractivity contribution < 1.29 is 4.79 Å². The Morgan fingerprint density at radius 2 is 2.10 bits per heavy atom. The summed E-state index contributed by atoms with van der Waals surface area (Å²) in [5.74, 6) is 0.645. The van der Waals surface area contributed by atoms with E-state index in [4.69, 9.17) is 5.73 Å². The highest BCUT2D eigenvalue weighted by atomic mass is 16.1. The Bertz CT molecular complexity index is 520. The van der Waals surface area contributed by atoms with Crippen molar-refractivity contribution in [3.8, 4) is 0 Å². The molecule has 1 aromatic rings. The molecule has 0 saturated carbocycles. The molecule has 20 heavy (non-hydrogen) atoms. The van der Waals surface area contributed by atoms with E-state index in [9.17, 15) is 4.79 Å². The number of primary amides is 1. The molecule has 0 radical (unpaired) electrons. The Kier molecular flexibility index (Phi) is 4.55. The van der Waals surface area contributed by atoms with E-state index in [-0.39, 0.29) is 5.69 Å². The minimum absolute atomic E-state index is 0.173. The standard InChI is InChI=1S/C14H21N5O/c1-3-10(2)17-14-12(13(15)20)16-9-11(18-14)19-7-5-4-6-8-19/h3,9H,4-8H2,1-2H3,(H2,15,20)(H,17,18)/b10-3+. The van der Waals surface area contributed by atoms with Gasteiger partial charge >= 0.3 is 0 Å². The lowest BCUT2D eigenvalue weighted by Gasteiger charge is -2.27. The van der Waals surface area contributed by atoms with Gasteiger partial charge in [0.2, 0.25) is 0 Å². The topological polar surface area (TPSA) is 84.1 Å². The summed E-state index contributed by atoms with van der Waals surface area (Å²) in [6.45, 7) is 5.77. The van der Waals surface area contributed by atoms with Gasteiger partial charge in [0.05, 0.1) is 6.20 Å². The van der Waals surface area contributed by atoms with Gasteiger partial charge < -0.3 is 16.0 Å². The highest BCUT2D eigenvalue weighted by molar-refractivity contribution is 5.95. The van der Waals surface area contributed by atoms with Gasteiger partial charge in [0.25, 0.3) is 5.91 Å². The van der Waals surface area contributed by atoms with Crippen LogP contribution in [0.1, 0.15) is 43.6 Å². The number of hydrogen-bond donors (Lipinski definition) is 2. The van der Waals surface area contributed by atoms with Crippen LogP contribution in [-0.4, -0.2) is 29.0 Å². The minimum atomic E-state index is -0.575. The number of carbonyl (C=O) groups is 1. The van der Waals surface area contributed by atoms with Crippen LogP contribution in [0.2, 0.25) is 0 Å². The van der Waals surface area contributed by atoms with Crippen LogP contribution in [0.5, 0.6) is 0 Å². The summed E-state index contributed by atoms with van der Waals surface area (Å²) in [5, 5.41) is 3.08. The second-order valence-corrected chi connectivity index (χ2v) is 4.93. The van der Waals surface area contributed by atoms with Crippen LogP contribution in [0.4, 0.5) is 11.6 Å². The van der Waals surface area contributed by atoms with E-state index in [2.05, 4.69) is 20.2 Å². The van der Waals surface area contributed by atoms with Gasteiger partial charge in [-0.1, -0.05) is 6.08 Å². The molecule has 1 fully saturated rings. The third kappa shape index (κ3) is 3.26. The molecule has 1 aliphatic heterocycles. The van der Waals surface area contributed by atoms with Gasteiger partial charge in [0.1, 0.15) is 5.82 Å². The molecule has 1 amide bonds. The second kappa shape index (κ2) is 6.36. The smallest absolute Gasteiger partial charge is 0.271 e. The predicted octanol–water partition coefficient (Wildman–Crippen LogP) is 1.90. The maximum absolute atomic E-state index is 11.4. The van der Waals surface area contributed by atoms with Crippen molar-refractivity contribution in [3.63, 3.8) is 0 Å². The molecule has 0 spiro atoms. The maximum atomic E-state index is 11.4. The molecule has 108 valence electrons. The van der Waals surface area contributed by atoms with E-state index in [0.29, 0.717) is 5.82 Å². The summed E-state index contributed by atoms with van der Waals surface area (Å²) in [5.41, 5.74) is 6.42. The van der Waals surface area contributed by atoms with Crippen LogP contribution in [0.15, 0.2) is 18.0 Å². The first-order valence-electron chi connectivity index (χ1n) is 6.93. The number of nitrogens with one attached hydrogen (secondary N) is 1. The number of nitrogens with two attached hydrogens (primary N) is 1. The molecule has 1 aliphatic rings. The summed E-state index contributed by atoms with van der Waals surface area (Å²) >= 11 is 0.